The Morgan fingerprint density at radius 1 is 1.82 bits per heavy atom. The van der Waals surface area contributed by atoms with Crippen LogP contribution in [-0.2, 0) is 0 Å². The lowest BCUT2D eigenvalue weighted by molar-refractivity contribution is -0.380. The van der Waals surface area contributed by atoms with Crippen LogP contribution in [0, 0.1) is 10.1 Å². The lowest BCUT2D eigenvalue weighted by Crippen LogP contribution is -1.86. The number of halogens is 1. The molecule has 1 heterocycles. The van der Waals surface area contributed by atoms with Crippen molar-refractivity contribution in [3.63, 3.8) is 0 Å². The normalized spacial score (nSPS) is 9.55. The average molecular weight is 193 g/mol. The van der Waals surface area contributed by atoms with Gasteiger partial charge in [-0.2, -0.15) is 4.37 Å². The highest BCUT2D eigenvalue weighted by molar-refractivity contribution is 7.09. The van der Waals surface area contributed by atoms with Gasteiger partial charge in [0.2, 0.25) is 0 Å². The highest BCUT2D eigenvalue weighted by Gasteiger charge is 2.14. The Bertz CT molecular complexity index is 282. The lowest BCUT2D eigenvalue weighted by atomic mass is 10.5. The van der Waals surface area contributed by atoms with Gasteiger partial charge in [-0.05, 0) is 11.6 Å². The summed E-state index contributed by atoms with van der Waals surface area (Å²) in [5.74, 6) is 0. The van der Waals surface area contributed by atoms with E-state index < -0.39 is 10.2 Å². The Kier molecular flexibility index (Phi) is 2.16. The fourth-order valence-corrected chi connectivity index (χ4v) is 1.15. The number of carbonyl (C=O) groups is 1. The minimum atomic E-state index is -0.783. The molecule has 7 heteroatoms. The highest BCUT2D eigenvalue weighted by atomic mass is 35.5. The molecule has 0 saturated heterocycles. The molecule has 1 aromatic rings. The van der Waals surface area contributed by atoms with Crippen LogP contribution in [-0.4, -0.2) is 14.5 Å². The molecule has 5 nitrogen and oxygen atoms in total. The molecule has 0 aromatic carbocycles. The summed E-state index contributed by atoms with van der Waals surface area (Å²) in [5.41, 5.74) is -0.0802. The zero-order chi connectivity index (χ0) is 8.43. The summed E-state index contributed by atoms with van der Waals surface area (Å²) in [7, 11) is 0. The Morgan fingerprint density at radius 2 is 2.45 bits per heavy atom. The Balaban J connectivity index is 2.99. The Morgan fingerprint density at radius 3 is 2.73 bits per heavy atom. The van der Waals surface area contributed by atoms with Gasteiger partial charge in [-0.3, -0.25) is 14.9 Å². The van der Waals surface area contributed by atoms with Crippen LogP contribution in [0.5, 0.6) is 0 Å². The van der Waals surface area contributed by atoms with Gasteiger partial charge in [0.25, 0.3) is 5.24 Å². The zero-order valence-corrected chi connectivity index (χ0v) is 6.56. The zero-order valence-electron chi connectivity index (χ0n) is 4.98. The van der Waals surface area contributed by atoms with Crippen LogP contribution in [0.2, 0.25) is 0 Å². The van der Waals surface area contributed by atoms with Crippen LogP contribution in [0.15, 0.2) is 6.07 Å². The van der Waals surface area contributed by atoms with Crippen LogP contribution < -0.4 is 0 Å². The van der Waals surface area contributed by atoms with Gasteiger partial charge in [0, 0.05) is 11.5 Å². The van der Waals surface area contributed by atoms with E-state index in [1.807, 2.05) is 0 Å². The molecule has 1 aromatic heterocycles. The average Bonchev–Trinajstić information content (AvgIpc) is 2.33. The highest BCUT2D eigenvalue weighted by Crippen LogP contribution is 2.19. The summed E-state index contributed by atoms with van der Waals surface area (Å²) in [5, 5.41) is 9.09. The van der Waals surface area contributed by atoms with Crippen molar-refractivity contribution in [2.75, 3.05) is 0 Å². The third-order valence-corrected chi connectivity index (χ3v) is 1.81. The van der Waals surface area contributed by atoms with Gasteiger partial charge >= 0.3 is 5.00 Å². The maximum atomic E-state index is 10.4. The number of carbonyl (C=O) groups excluding carboxylic acids is 1. The molecule has 1 rings (SSSR count). The van der Waals surface area contributed by atoms with Crippen LogP contribution in [0.1, 0.15) is 10.5 Å². The standard InChI is InChI=1S/C4HClN2O3S/c5-4(8)2-1-3(7(9)10)11-6-2/h1H. The molecule has 0 bridgehead atoms. The number of hydrogen-bond donors (Lipinski definition) is 0. The molecule has 0 aliphatic carbocycles. The quantitative estimate of drug-likeness (QED) is 0.404. The SMILES string of the molecule is O=C(Cl)c1cc([N+](=O)[O-])sn1. The lowest BCUT2D eigenvalue weighted by Gasteiger charge is -1.77. The number of nitro groups is 1. The van der Waals surface area contributed by atoms with Crippen molar-refractivity contribution < 1.29 is 9.72 Å². The molecule has 0 aliphatic rings. The fourth-order valence-electron chi connectivity index (χ4n) is 0.444. The second kappa shape index (κ2) is 2.93. The molecule has 0 spiro atoms. The van der Waals surface area contributed by atoms with Crippen molar-refractivity contribution in [1.29, 1.82) is 0 Å². The fraction of sp³-hybridized carbons (Fsp3) is 0. The Labute approximate surface area is 69.9 Å². The van der Waals surface area contributed by atoms with Gasteiger partial charge < -0.3 is 0 Å². The topological polar surface area (TPSA) is 73.1 Å². The number of aromatic nitrogens is 1. The predicted octanol–water partition coefficient (Wildman–Crippen LogP) is 1.43. The van der Waals surface area contributed by atoms with E-state index in [2.05, 4.69) is 4.37 Å². The molecule has 0 aliphatic heterocycles. The first kappa shape index (κ1) is 8.09. The van der Waals surface area contributed by atoms with Crippen LogP contribution in [0.4, 0.5) is 5.00 Å². The predicted molar refractivity (Wildman–Crippen MR) is 39.0 cm³/mol. The number of hydrogen-bond acceptors (Lipinski definition) is 5. The van der Waals surface area contributed by atoms with Crippen molar-refractivity contribution in [2.45, 2.75) is 0 Å². The van der Waals surface area contributed by atoms with Gasteiger partial charge in [0.15, 0.2) is 0 Å². The van der Waals surface area contributed by atoms with Crippen molar-refractivity contribution in [3.05, 3.63) is 21.9 Å². The van der Waals surface area contributed by atoms with E-state index in [0.717, 1.165) is 6.07 Å². The van der Waals surface area contributed by atoms with Crippen LogP contribution >= 0.6 is 23.1 Å². The van der Waals surface area contributed by atoms with Crippen molar-refractivity contribution in [3.8, 4) is 0 Å². The number of rotatable bonds is 2. The van der Waals surface area contributed by atoms with Gasteiger partial charge in [0.1, 0.15) is 5.69 Å². The maximum absolute atomic E-state index is 10.4. The molecule has 0 saturated carbocycles. The molecule has 0 unspecified atom stereocenters. The van der Waals surface area contributed by atoms with E-state index in [9.17, 15) is 14.9 Å². The minimum Gasteiger partial charge on any atom is -0.274 e. The van der Waals surface area contributed by atoms with E-state index >= 15 is 0 Å². The molecule has 0 N–H and O–H groups in total. The van der Waals surface area contributed by atoms with E-state index in [1.165, 1.54) is 0 Å². The summed E-state index contributed by atoms with van der Waals surface area (Å²) >= 11 is 5.64. The van der Waals surface area contributed by atoms with Crippen LogP contribution in [0.25, 0.3) is 0 Å². The largest absolute Gasteiger partial charge is 0.343 e. The third-order valence-electron chi connectivity index (χ3n) is 0.879. The molecule has 0 fully saturated rings. The molecule has 0 radical (unpaired) electrons. The molecular formula is C4HClN2O3S. The summed E-state index contributed by atoms with van der Waals surface area (Å²) in [6, 6.07) is 1.04. The summed E-state index contributed by atoms with van der Waals surface area (Å²) < 4.78 is 3.46. The first-order valence-corrected chi connectivity index (χ1v) is 3.57. The third kappa shape index (κ3) is 1.72. The maximum Gasteiger partial charge on any atom is 0.343 e. The first-order chi connectivity index (χ1) is 5.11. The van der Waals surface area contributed by atoms with E-state index in [-0.39, 0.29) is 10.7 Å². The molecule has 58 valence electrons. The van der Waals surface area contributed by atoms with Crippen molar-refractivity contribution >= 4 is 33.4 Å². The summed E-state index contributed by atoms with van der Waals surface area (Å²) in [4.78, 5) is 19.8. The van der Waals surface area contributed by atoms with Gasteiger partial charge in [-0.1, -0.05) is 0 Å². The minimum absolute atomic E-state index is 0.0802. The van der Waals surface area contributed by atoms with E-state index in [4.69, 9.17) is 11.6 Å². The van der Waals surface area contributed by atoms with Crippen molar-refractivity contribution in [2.24, 2.45) is 0 Å². The summed E-state index contributed by atoms with van der Waals surface area (Å²) in [6.45, 7) is 0. The second-order valence-corrected chi connectivity index (χ2v) is 2.71. The molecule has 0 atom stereocenters. The van der Waals surface area contributed by atoms with Gasteiger partial charge in [-0.25, -0.2) is 0 Å². The van der Waals surface area contributed by atoms with Gasteiger partial charge in [-0.15, -0.1) is 0 Å². The van der Waals surface area contributed by atoms with E-state index in [1.54, 1.807) is 0 Å². The van der Waals surface area contributed by atoms with Gasteiger partial charge in [0.05, 0.1) is 11.0 Å². The molecular weight excluding hydrogens is 192 g/mol. The first-order valence-electron chi connectivity index (χ1n) is 2.42. The summed E-state index contributed by atoms with van der Waals surface area (Å²) in [6.07, 6.45) is 0. The smallest absolute Gasteiger partial charge is 0.274 e. The molecule has 0 amide bonds. The van der Waals surface area contributed by atoms with Crippen LogP contribution in [0.3, 0.4) is 0 Å². The molecule has 11 heavy (non-hydrogen) atoms. The van der Waals surface area contributed by atoms with Crippen molar-refractivity contribution in [1.82, 2.24) is 4.37 Å². The Hall–Kier alpha value is -1.01. The van der Waals surface area contributed by atoms with E-state index in [0.29, 0.717) is 11.5 Å². The second-order valence-electron chi connectivity index (χ2n) is 1.58. The monoisotopic (exact) mass is 192 g/mol. The number of nitrogens with zero attached hydrogens (tertiary/aromatic N) is 2.